The molecule has 0 saturated heterocycles. The lowest BCUT2D eigenvalue weighted by atomic mass is 10.1. The minimum absolute atomic E-state index is 0.0174. The smallest absolute Gasteiger partial charge is 0.267 e. The first-order chi connectivity index (χ1) is 14.9. The van der Waals surface area contributed by atoms with Crippen LogP contribution in [0.3, 0.4) is 0 Å². The minimum atomic E-state index is -0.479. The maximum Gasteiger partial charge on any atom is 0.324 e. The van der Waals surface area contributed by atoms with Crippen LogP contribution in [0.4, 0.5) is 10.1 Å². The fraction of sp³-hybridized carbons (Fsp3) is 0. The van der Waals surface area contributed by atoms with Crippen LogP contribution in [0.2, 0.25) is 0 Å². The van der Waals surface area contributed by atoms with E-state index in [0.717, 1.165) is 25.5 Å². The quantitative estimate of drug-likeness (QED) is 0.197. The number of aromatic nitrogens is 1. The van der Waals surface area contributed by atoms with Crippen LogP contribution in [0, 0.1) is 21.4 Å². The van der Waals surface area contributed by atoms with E-state index in [1.165, 1.54) is 23.6 Å². The van der Waals surface area contributed by atoms with E-state index in [9.17, 15) is 14.9 Å². The van der Waals surface area contributed by atoms with Crippen molar-refractivity contribution >= 4 is 71.1 Å². The molecule has 31 heavy (non-hydrogen) atoms. The van der Waals surface area contributed by atoms with Gasteiger partial charge < -0.3 is 0 Å². The van der Waals surface area contributed by atoms with Gasteiger partial charge in [-0.1, -0.05) is 38.6 Å². The summed E-state index contributed by atoms with van der Waals surface area (Å²) in [7, 11) is 0. The molecular formula is C20H10BrN5O3S2. The van der Waals surface area contributed by atoms with Gasteiger partial charge in [-0.05, 0) is 48.5 Å². The molecule has 2 aromatic carbocycles. The molecule has 0 radical (unpaired) electrons. The number of carbonyl (C=O) groups excluding carboxylic acids is 1. The number of benzene rings is 2. The van der Waals surface area contributed by atoms with Crippen molar-refractivity contribution in [2.24, 2.45) is 5.10 Å². The van der Waals surface area contributed by atoms with E-state index >= 15 is 0 Å². The predicted octanol–water partition coefficient (Wildman–Crippen LogP) is 5.58. The summed E-state index contributed by atoms with van der Waals surface area (Å²) in [5.74, 6) is -0.440. The van der Waals surface area contributed by atoms with Crippen LogP contribution >= 0.6 is 38.6 Å². The highest BCUT2D eigenvalue weighted by Crippen LogP contribution is 2.32. The molecule has 1 amide bonds. The minimum Gasteiger partial charge on any atom is -0.267 e. The van der Waals surface area contributed by atoms with Crippen LogP contribution < -0.4 is 5.01 Å². The number of nitriles is 1. The van der Waals surface area contributed by atoms with Gasteiger partial charge in [0.15, 0.2) is 0 Å². The van der Waals surface area contributed by atoms with E-state index in [2.05, 4.69) is 26.0 Å². The number of thiophene rings is 1. The molecule has 0 aliphatic carbocycles. The van der Waals surface area contributed by atoms with Gasteiger partial charge in [0.1, 0.15) is 0 Å². The van der Waals surface area contributed by atoms with E-state index in [1.54, 1.807) is 30.3 Å². The maximum absolute atomic E-state index is 13.2. The molecular weight excluding hydrogens is 502 g/mol. The molecule has 0 spiro atoms. The maximum atomic E-state index is 13.2. The predicted molar refractivity (Wildman–Crippen MR) is 124 cm³/mol. The topological polar surface area (TPSA) is 112 Å². The third-order valence-corrected chi connectivity index (χ3v) is 6.53. The second-order valence-electron chi connectivity index (χ2n) is 6.09. The zero-order valence-corrected chi connectivity index (χ0v) is 18.6. The Morgan fingerprint density at radius 2 is 1.97 bits per heavy atom. The Balaban J connectivity index is 1.74. The summed E-state index contributed by atoms with van der Waals surface area (Å²) in [6, 6.07) is 16.7. The monoisotopic (exact) mass is 511 g/mol. The van der Waals surface area contributed by atoms with Gasteiger partial charge in [0.05, 0.1) is 37.9 Å². The van der Waals surface area contributed by atoms with Gasteiger partial charge in [-0.2, -0.15) is 15.4 Å². The number of rotatable bonds is 5. The second-order valence-corrected chi connectivity index (χ2v) is 9.11. The van der Waals surface area contributed by atoms with Crippen LogP contribution in [-0.2, 0) is 0 Å². The van der Waals surface area contributed by atoms with E-state index in [1.807, 2.05) is 24.3 Å². The molecule has 4 aromatic rings. The molecule has 0 unspecified atom stereocenters. The van der Waals surface area contributed by atoms with E-state index in [4.69, 9.17) is 5.26 Å². The number of carbonyl (C=O) groups is 1. The molecule has 0 bridgehead atoms. The summed E-state index contributed by atoms with van der Waals surface area (Å²) in [6.07, 6.45) is 1.39. The van der Waals surface area contributed by atoms with Gasteiger partial charge in [-0.15, -0.1) is 0 Å². The SMILES string of the molecule is N#Cc1ccc(C(=O)N(/N=C/c2ccc([N+](=O)[O-])s2)c2nc3ccc(Br)cc3s2)cc1. The van der Waals surface area contributed by atoms with Gasteiger partial charge in [0.25, 0.3) is 5.91 Å². The van der Waals surface area contributed by atoms with E-state index in [0.29, 0.717) is 26.7 Å². The number of amides is 1. The standard InChI is InChI=1S/C20H10BrN5O3S2/c21-14-5-7-16-17(9-14)31-20(24-16)25(19(27)13-3-1-12(10-22)2-4-13)23-11-15-6-8-18(30-15)26(28)29/h1-9,11H/b23-11+. The molecule has 152 valence electrons. The van der Waals surface area contributed by atoms with Crippen LogP contribution in [-0.4, -0.2) is 22.0 Å². The highest BCUT2D eigenvalue weighted by molar-refractivity contribution is 9.10. The van der Waals surface area contributed by atoms with Crippen LogP contribution in [0.15, 0.2) is 64.2 Å². The summed E-state index contributed by atoms with van der Waals surface area (Å²) >= 11 is 5.66. The largest absolute Gasteiger partial charge is 0.324 e. The van der Waals surface area contributed by atoms with Crippen molar-refractivity contribution in [3.05, 3.63) is 85.2 Å². The number of anilines is 1. The van der Waals surface area contributed by atoms with Gasteiger partial charge in [-0.25, -0.2) is 4.98 Å². The molecule has 0 fully saturated rings. The number of nitro groups is 1. The summed E-state index contributed by atoms with van der Waals surface area (Å²) in [5.41, 5.74) is 1.47. The first kappa shape index (κ1) is 20.8. The van der Waals surface area contributed by atoms with E-state index < -0.39 is 10.8 Å². The van der Waals surface area contributed by atoms with Crippen molar-refractivity contribution in [1.29, 1.82) is 5.26 Å². The number of hydrogen-bond acceptors (Lipinski definition) is 8. The average molecular weight is 512 g/mol. The number of fused-ring (bicyclic) bond motifs is 1. The highest BCUT2D eigenvalue weighted by Gasteiger charge is 2.21. The van der Waals surface area contributed by atoms with Crippen molar-refractivity contribution in [1.82, 2.24) is 4.98 Å². The number of hydrazone groups is 1. The Morgan fingerprint density at radius 1 is 1.19 bits per heavy atom. The Labute approximate surface area is 192 Å². The first-order valence-electron chi connectivity index (χ1n) is 8.63. The molecule has 0 atom stereocenters. The Hall–Kier alpha value is -3.46. The fourth-order valence-corrected chi connectivity index (χ4v) is 4.76. The summed E-state index contributed by atoms with van der Waals surface area (Å²) in [5, 5.41) is 25.7. The fourth-order valence-electron chi connectivity index (χ4n) is 2.60. The molecule has 0 saturated carbocycles. The van der Waals surface area contributed by atoms with Crippen molar-refractivity contribution in [2.45, 2.75) is 0 Å². The number of halogens is 1. The summed E-state index contributed by atoms with van der Waals surface area (Å²) < 4.78 is 1.75. The van der Waals surface area contributed by atoms with Crippen molar-refractivity contribution in [2.75, 3.05) is 5.01 Å². The van der Waals surface area contributed by atoms with Crippen LogP contribution in [0.1, 0.15) is 20.8 Å². The summed E-state index contributed by atoms with van der Waals surface area (Å²) in [4.78, 5) is 28.7. The normalized spacial score (nSPS) is 11.0. The molecule has 2 aromatic heterocycles. The molecule has 2 heterocycles. The third-order valence-electron chi connectivity index (χ3n) is 4.07. The van der Waals surface area contributed by atoms with Gasteiger partial charge in [-0.3, -0.25) is 14.9 Å². The number of hydrogen-bond donors (Lipinski definition) is 0. The summed E-state index contributed by atoms with van der Waals surface area (Å²) in [6.45, 7) is 0. The molecule has 4 rings (SSSR count). The molecule has 11 heteroatoms. The Bertz CT molecular complexity index is 1370. The van der Waals surface area contributed by atoms with Crippen LogP contribution in [0.25, 0.3) is 10.2 Å². The van der Waals surface area contributed by atoms with Gasteiger partial charge in [0.2, 0.25) is 5.13 Å². The molecule has 0 N–H and O–H groups in total. The zero-order chi connectivity index (χ0) is 22.0. The Morgan fingerprint density at radius 3 is 2.65 bits per heavy atom. The lowest BCUT2D eigenvalue weighted by Crippen LogP contribution is -2.25. The number of thiazole rings is 1. The molecule has 0 aliphatic rings. The van der Waals surface area contributed by atoms with Gasteiger partial charge >= 0.3 is 5.00 Å². The lowest BCUT2D eigenvalue weighted by molar-refractivity contribution is -0.380. The third kappa shape index (κ3) is 4.51. The van der Waals surface area contributed by atoms with Crippen molar-refractivity contribution in [3.63, 3.8) is 0 Å². The molecule has 8 nitrogen and oxygen atoms in total. The van der Waals surface area contributed by atoms with Gasteiger partial charge in [0, 0.05) is 16.1 Å². The Kier molecular flexibility index (Phi) is 5.85. The molecule has 0 aliphatic heterocycles. The van der Waals surface area contributed by atoms with Crippen LogP contribution in [0.5, 0.6) is 0 Å². The number of nitrogens with zero attached hydrogens (tertiary/aromatic N) is 5. The second kappa shape index (κ2) is 8.73. The van der Waals surface area contributed by atoms with Crippen molar-refractivity contribution in [3.8, 4) is 6.07 Å². The first-order valence-corrected chi connectivity index (χ1v) is 11.1. The zero-order valence-electron chi connectivity index (χ0n) is 15.4. The lowest BCUT2D eigenvalue weighted by Gasteiger charge is -2.13. The average Bonchev–Trinajstić information content (AvgIpc) is 3.41. The highest BCUT2D eigenvalue weighted by atomic mass is 79.9. The van der Waals surface area contributed by atoms with Crippen molar-refractivity contribution < 1.29 is 9.72 Å². The van der Waals surface area contributed by atoms with E-state index in [-0.39, 0.29) is 5.00 Å².